The average Bonchev–Trinajstić information content (AvgIpc) is 3.04. The molecule has 15 heavy (non-hydrogen) atoms. The summed E-state index contributed by atoms with van der Waals surface area (Å²) in [5, 5.41) is 2.43. The zero-order valence-electron chi connectivity index (χ0n) is 8.29. The largest absolute Gasteiger partial charge is 0.485 e. The minimum atomic E-state index is -0.733. The van der Waals surface area contributed by atoms with Crippen molar-refractivity contribution in [2.45, 2.75) is 18.9 Å². The molecule has 0 aliphatic heterocycles. The van der Waals surface area contributed by atoms with Crippen LogP contribution in [0, 0.1) is 5.95 Å². The second kappa shape index (κ2) is 3.84. The number of aromatic nitrogens is 1. The van der Waals surface area contributed by atoms with Crippen molar-refractivity contribution >= 4 is 5.91 Å². The van der Waals surface area contributed by atoms with Crippen molar-refractivity contribution in [1.29, 1.82) is 0 Å². The van der Waals surface area contributed by atoms with Crippen molar-refractivity contribution in [3.63, 3.8) is 0 Å². The fraction of sp³-hybridized carbons (Fsp3) is 0.400. The Morgan fingerprint density at radius 3 is 3.00 bits per heavy atom. The Bertz CT molecular complexity index is 391. The molecule has 1 heterocycles. The van der Waals surface area contributed by atoms with Crippen molar-refractivity contribution in [1.82, 2.24) is 10.3 Å². The van der Waals surface area contributed by atoms with Gasteiger partial charge in [0.25, 0.3) is 11.9 Å². The second-order valence-corrected chi connectivity index (χ2v) is 3.37. The van der Waals surface area contributed by atoms with Gasteiger partial charge in [0.2, 0.25) is 0 Å². The van der Waals surface area contributed by atoms with Crippen LogP contribution in [-0.2, 0) is 0 Å². The number of pyridine rings is 1. The lowest BCUT2D eigenvalue weighted by molar-refractivity contribution is 0.0957. The summed E-state index contributed by atoms with van der Waals surface area (Å²) in [5.74, 6) is -1.14. The van der Waals surface area contributed by atoms with Crippen LogP contribution >= 0.6 is 0 Å². The molecule has 80 valence electrons. The molecule has 4 nitrogen and oxygen atoms in total. The van der Waals surface area contributed by atoms with E-state index in [2.05, 4.69) is 10.3 Å². The summed E-state index contributed by atoms with van der Waals surface area (Å²) in [5.41, 5.74) is 0.192. The highest BCUT2D eigenvalue weighted by atomic mass is 19.1. The Balaban J connectivity index is 2.33. The first-order valence-corrected chi connectivity index (χ1v) is 4.75. The lowest BCUT2D eigenvalue weighted by Crippen LogP contribution is -2.20. The van der Waals surface area contributed by atoms with Gasteiger partial charge in [0.1, 0.15) is 0 Å². The van der Waals surface area contributed by atoms with Crippen molar-refractivity contribution in [2.24, 2.45) is 0 Å². The summed E-state index contributed by atoms with van der Waals surface area (Å²) < 4.78 is 18.6. The van der Waals surface area contributed by atoms with E-state index in [4.69, 9.17) is 4.74 Å². The highest BCUT2D eigenvalue weighted by Crippen LogP contribution is 2.30. The van der Waals surface area contributed by atoms with Gasteiger partial charge in [-0.2, -0.15) is 4.39 Å². The minimum absolute atomic E-state index is 0.0344. The molecule has 2 rings (SSSR count). The molecule has 1 aromatic heterocycles. The first-order chi connectivity index (χ1) is 7.22. The van der Waals surface area contributed by atoms with E-state index in [9.17, 15) is 9.18 Å². The van der Waals surface area contributed by atoms with Crippen LogP contribution < -0.4 is 10.1 Å². The number of carbonyl (C=O) groups is 1. The third-order valence-electron chi connectivity index (χ3n) is 2.14. The fourth-order valence-electron chi connectivity index (χ4n) is 1.20. The van der Waals surface area contributed by atoms with Crippen LogP contribution in [-0.4, -0.2) is 24.0 Å². The van der Waals surface area contributed by atoms with E-state index in [1.807, 2.05) is 0 Å². The van der Waals surface area contributed by atoms with E-state index in [1.165, 1.54) is 19.3 Å². The van der Waals surface area contributed by atoms with Gasteiger partial charge >= 0.3 is 0 Å². The quantitative estimate of drug-likeness (QED) is 0.760. The maximum absolute atomic E-state index is 13.3. The Morgan fingerprint density at radius 2 is 2.40 bits per heavy atom. The van der Waals surface area contributed by atoms with Crippen molar-refractivity contribution < 1.29 is 13.9 Å². The number of rotatable bonds is 3. The summed E-state index contributed by atoms with van der Waals surface area (Å²) in [4.78, 5) is 14.9. The smallest absolute Gasteiger partial charge is 0.256 e. The molecule has 1 fully saturated rings. The highest BCUT2D eigenvalue weighted by molar-refractivity contribution is 5.96. The van der Waals surface area contributed by atoms with E-state index >= 15 is 0 Å². The number of amides is 1. The Morgan fingerprint density at radius 1 is 1.67 bits per heavy atom. The number of hydrogen-bond acceptors (Lipinski definition) is 3. The number of carbonyl (C=O) groups excluding carboxylic acids is 1. The molecular weight excluding hydrogens is 199 g/mol. The van der Waals surface area contributed by atoms with Crippen LogP contribution in [0.2, 0.25) is 0 Å². The molecule has 5 heteroatoms. The summed E-state index contributed by atoms with van der Waals surface area (Å²) >= 11 is 0. The van der Waals surface area contributed by atoms with Crippen LogP contribution in [0.4, 0.5) is 4.39 Å². The maximum Gasteiger partial charge on any atom is 0.256 e. The third-order valence-corrected chi connectivity index (χ3v) is 2.14. The summed E-state index contributed by atoms with van der Waals surface area (Å²) in [6.07, 6.45) is 3.09. The Hall–Kier alpha value is -1.65. The molecule has 1 N–H and O–H groups in total. The number of nitrogens with zero attached hydrogens (tertiary/aromatic N) is 1. The van der Waals surface area contributed by atoms with Gasteiger partial charge in [-0.25, -0.2) is 4.98 Å². The van der Waals surface area contributed by atoms with Crippen LogP contribution in [0.5, 0.6) is 5.75 Å². The van der Waals surface area contributed by atoms with Crippen LogP contribution in [0.15, 0.2) is 12.3 Å². The van der Waals surface area contributed by atoms with Gasteiger partial charge in [-0.15, -0.1) is 0 Å². The third kappa shape index (κ3) is 2.06. The number of ether oxygens (including phenoxy) is 1. The van der Waals surface area contributed by atoms with Gasteiger partial charge in [0.15, 0.2) is 5.75 Å². The van der Waals surface area contributed by atoms with E-state index < -0.39 is 5.95 Å². The normalized spacial score (nSPS) is 14.8. The molecule has 1 aliphatic carbocycles. The van der Waals surface area contributed by atoms with Crippen LogP contribution in [0.3, 0.4) is 0 Å². The molecule has 0 spiro atoms. The molecule has 1 aliphatic rings. The first kappa shape index (κ1) is 9.89. The first-order valence-electron chi connectivity index (χ1n) is 4.75. The molecule has 0 saturated heterocycles. The standard InChI is InChI=1S/C10H11FN2O2/c1-12-10(14)7-4-5-13-9(11)8(7)15-6-2-3-6/h4-6H,2-3H2,1H3,(H,12,14). The number of nitrogens with one attached hydrogen (secondary N) is 1. The summed E-state index contributed by atoms with van der Waals surface area (Å²) in [7, 11) is 1.49. The molecule has 0 radical (unpaired) electrons. The molecule has 1 aromatic rings. The monoisotopic (exact) mass is 210 g/mol. The van der Waals surface area contributed by atoms with E-state index in [-0.39, 0.29) is 23.3 Å². The number of hydrogen-bond donors (Lipinski definition) is 1. The van der Waals surface area contributed by atoms with Crippen molar-refractivity contribution in [2.75, 3.05) is 7.05 Å². The maximum atomic E-state index is 13.3. The Kier molecular flexibility index (Phi) is 2.53. The lowest BCUT2D eigenvalue weighted by Gasteiger charge is -2.09. The zero-order chi connectivity index (χ0) is 10.8. The minimum Gasteiger partial charge on any atom is -0.485 e. The second-order valence-electron chi connectivity index (χ2n) is 3.37. The summed E-state index contributed by atoms with van der Waals surface area (Å²) in [6, 6.07) is 1.44. The van der Waals surface area contributed by atoms with E-state index in [1.54, 1.807) is 0 Å². The summed E-state index contributed by atoms with van der Waals surface area (Å²) in [6.45, 7) is 0. The Labute approximate surface area is 86.5 Å². The van der Waals surface area contributed by atoms with E-state index in [0.717, 1.165) is 12.8 Å². The molecule has 0 atom stereocenters. The highest BCUT2D eigenvalue weighted by Gasteiger charge is 2.27. The van der Waals surface area contributed by atoms with Gasteiger partial charge in [0.05, 0.1) is 11.7 Å². The van der Waals surface area contributed by atoms with Gasteiger partial charge in [-0.05, 0) is 18.9 Å². The van der Waals surface area contributed by atoms with Gasteiger partial charge in [-0.3, -0.25) is 4.79 Å². The number of halogens is 1. The molecule has 0 aromatic carbocycles. The topological polar surface area (TPSA) is 51.2 Å². The average molecular weight is 210 g/mol. The van der Waals surface area contributed by atoms with Gasteiger partial charge in [-0.1, -0.05) is 0 Å². The van der Waals surface area contributed by atoms with E-state index in [0.29, 0.717) is 0 Å². The molecule has 0 unspecified atom stereocenters. The predicted molar refractivity (Wildman–Crippen MR) is 51.2 cm³/mol. The van der Waals surface area contributed by atoms with Crippen molar-refractivity contribution in [3.8, 4) is 5.75 Å². The predicted octanol–water partition coefficient (Wildman–Crippen LogP) is 1.12. The van der Waals surface area contributed by atoms with Crippen molar-refractivity contribution in [3.05, 3.63) is 23.8 Å². The molecular formula is C10H11FN2O2. The zero-order valence-corrected chi connectivity index (χ0v) is 8.29. The van der Waals surface area contributed by atoms with Crippen LogP contribution in [0.1, 0.15) is 23.2 Å². The molecule has 1 saturated carbocycles. The van der Waals surface area contributed by atoms with Gasteiger partial charge in [0, 0.05) is 13.2 Å². The molecule has 1 amide bonds. The van der Waals surface area contributed by atoms with Gasteiger partial charge < -0.3 is 10.1 Å². The lowest BCUT2D eigenvalue weighted by atomic mass is 10.2. The fourth-order valence-corrected chi connectivity index (χ4v) is 1.20. The van der Waals surface area contributed by atoms with Crippen LogP contribution in [0.25, 0.3) is 0 Å². The molecule has 0 bridgehead atoms. The SMILES string of the molecule is CNC(=O)c1ccnc(F)c1OC1CC1.